The summed E-state index contributed by atoms with van der Waals surface area (Å²) in [6.45, 7) is 2.30. The van der Waals surface area contributed by atoms with Crippen LogP contribution < -0.4 is 10.1 Å². The molecule has 0 saturated heterocycles. The number of hydrogen-bond acceptors (Lipinski definition) is 2. The second kappa shape index (κ2) is 8.67. The highest BCUT2D eigenvalue weighted by Crippen LogP contribution is 2.15. The van der Waals surface area contributed by atoms with Crippen molar-refractivity contribution in [2.75, 3.05) is 0 Å². The van der Waals surface area contributed by atoms with Gasteiger partial charge in [-0.25, -0.2) is 0 Å². The molecule has 0 fully saturated rings. The van der Waals surface area contributed by atoms with Gasteiger partial charge in [0.2, 0.25) is 0 Å². The number of ether oxygens (including phenoxy) is 1. The SMILES string of the molecule is Brc1ccc(CNCc2ccc(OCc3ccccc3)cc2)cc1. The molecule has 0 atom stereocenters. The Labute approximate surface area is 151 Å². The standard InChI is InChI=1S/C21H20BrNO/c22-20-10-6-17(7-11-20)14-23-15-18-8-12-21(13-9-18)24-16-19-4-2-1-3-5-19/h1-13,23H,14-16H2. The van der Waals surface area contributed by atoms with Gasteiger partial charge in [-0.15, -0.1) is 0 Å². The topological polar surface area (TPSA) is 21.3 Å². The fraction of sp³-hybridized carbons (Fsp3) is 0.143. The first-order valence-corrected chi connectivity index (χ1v) is 8.80. The van der Waals surface area contributed by atoms with Crippen molar-refractivity contribution in [2.45, 2.75) is 19.7 Å². The summed E-state index contributed by atoms with van der Waals surface area (Å²) >= 11 is 3.45. The molecule has 0 heterocycles. The fourth-order valence-corrected chi connectivity index (χ4v) is 2.66. The first-order valence-electron chi connectivity index (χ1n) is 8.00. The molecule has 0 radical (unpaired) electrons. The minimum absolute atomic E-state index is 0.599. The molecule has 0 bridgehead atoms. The molecule has 0 aliphatic heterocycles. The Morgan fingerprint density at radius 3 is 1.88 bits per heavy atom. The molecule has 2 nitrogen and oxygen atoms in total. The number of rotatable bonds is 7. The molecule has 3 rings (SSSR count). The van der Waals surface area contributed by atoms with E-state index in [2.05, 4.69) is 69.8 Å². The van der Waals surface area contributed by atoms with Gasteiger partial charge in [0.15, 0.2) is 0 Å². The molecule has 0 saturated carbocycles. The van der Waals surface area contributed by atoms with Gasteiger partial charge in [0.1, 0.15) is 12.4 Å². The zero-order valence-electron chi connectivity index (χ0n) is 13.4. The quantitative estimate of drug-likeness (QED) is 0.597. The van der Waals surface area contributed by atoms with Crippen LogP contribution in [0.1, 0.15) is 16.7 Å². The van der Waals surface area contributed by atoms with Crippen molar-refractivity contribution >= 4 is 15.9 Å². The average Bonchev–Trinajstić information content (AvgIpc) is 2.64. The first-order chi connectivity index (χ1) is 11.8. The molecule has 3 aromatic carbocycles. The van der Waals surface area contributed by atoms with Gasteiger partial charge in [0.25, 0.3) is 0 Å². The fourth-order valence-electron chi connectivity index (χ4n) is 2.40. The third kappa shape index (κ3) is 5.22. The maximum absolute atomic E-state index is 5.81. The van der Waals surface area contributed by atoms with Crippen LogP contribution in [-0.2, 0) is 19.7 Å². The third-order valence-corrected chi connectivity index (χ3v) is 4.27. The van der Waals surface area contributed by atoms with E-state index in [0.717, 1.165) is 23.3 Å². The van der Waals surface area contributed by atoms with Crippen LogP contribution in [-0.4, -0.2) is 0 Å². The van der Waals surface area contributed by atoms with Crippen LogP contribution in [0.25, 0.3) is 0 Å². The van der Waals surface area contributed by atoms with Crippen molar-refractivity contribution in [3.05, 3.63) is 100 Å². The summed E-state index contributed by atoms with van der Waals surface area (Å²) in [5.41, 5.74) is 3.71. The van der Waals surface area contributed by atoms with Crippen molar-refractivity contribution in [3.63, 3.8) is 0 Å². The van der Waals surface area contributed by atoms with E-state index in [4.69, 9.17) is 4.74 Å². The molecule has 24 heavy (non-hydrogen) atoms. The Kier molecular flexibility index (Phi) is 6.05. The van der Waals surface area contributed by atoms with Crippen LogP contribution in [0, 0.1) is 0 Å². The average molecular weight is 382 g/mol. The maximum Gasteiger partial charge on any atom is 0.119 e. The van der Waals surface area contributed by atoms with Gasteiger partial charge in [0.05, 0.1) is 0 Å². The minimum Gasteiger partial charge on any atom is -0.489 e. The van der Waals surface area contributed by atoms with Crippen LogP contribution in [0.15, 0.2) is 83.3 Å². The molecular weight excluding hydrogens is 362 g/mol. The second-order valence-corrected chi connectivity index (χ2v) is 6.56. The van der Waals surface area contributed by atoms with Crippen molar-refractivity contribution in [2.24, 2.45) is 0 Å². The van der Waals surface area contributed by atoms with Gasteiger partial charge in [0, 0.05) is 17.6 Å². The van der Waals surface area contributed by atoms with E-state index in [0.29, 0.717) is 6.61 Å². The summed E-state index contributed by atoms with van der Waals surface area (Å²) < 4.78 is 6.92. The molecule has 0 amide bonds. The van der Waals surface area contributed by atoms with Crippen LogP contribution >= 0.6 is 15.9 Å². The lowest BCUT2D eigenvalue weighted by Gasteiger charge is -2.08. The van der Waals surface area contributed by atoms with Crippen LogP contribution in [0.2, 0.25) is 0 Å². The molecule has 0 aliphatic rings. The number of hydrogen-bond donors (Lipinski definition) is 1. The summed E-state index contributed by atoms with van der Waals surface area (Å²) in [6.07, 6.45) is 0. The molecule has 3 heteroatoms. The van der Waals surface area contributed by atoms with Gasteiger partial charge >= 0.3 is 0 Å². The van der Waals surface area contributed by atoms with E-state index in [1.807, 2.05) is 30.3 Å². The number of benzene rings is 3. The van der Waals surface area contributed by atoms with E-state index < -0.39 is 0 Å². The van der Waals surface area contributed by atoms with E-state index in [1.54, 1.807) is 0 Å². The smallest absolute Gasteiger partial charge is 0.119 e. The van der Waals surface area contributed by atoms with Crippen LogP contribution in [0.4, 0.5) is 0 Å². The monoisotopic (exact) mass is 381 g/mol. The Bertz CT molecular complexity index is 739. The predicted molar refractivity (Wildman–Crippen MR) is 102 cm³/mol. The minimum atomic E-state index is 0.599. The third-order valence-electron chi connectivity index (χ3n) is 3.74. The van der Waals surface area contributed by atoms with E-state index >= 15 is 0 Å². The summed E-state index contributed by atoms with van der Waals surface area (Å²) in [6, 6.07) is 26.8. The Balaban J connectivity index is 1.45. The van der Waals surface area contributed by atoms with E-state index in [9.17, 15) is 0 Å². The predicted octanol–water partition coefficient (Wildman–Crippen LogP) is 5.32. The second-order valence-electron chi connectivity index (χ2n) is 5.65. The Hall–Kier alpha value is -2.10. The van der Waals surface area contributed by atoms with Crippen LogP contribution in [0.5, 0.6) is 5.75 Å². The molecule has 0 aromatic heterocycles. The summed E-state index contributed by atoms with van der Waals surface area (Å²) in [5.74, 6) is 0.899. The maximum atomic E-state index is 5.81. The number of halogens is 1. The molecule has 0 spiro atoms. The van der Waals surface area contributed by atoms with Gasteiger partial charge in [-0.05, 0) is 41.0 Å². The molecule has 122 valence electrons. The Morgan fingerprint density at radius 2 is 1.25 bits per heavy atom. The van der Waals surface area contributed by atoms with Gasteiger partial charge < -0.3 is 10.1 Å². The Morgan fingerprint density at radius 1 is 0.667 bits per heavy atom. The van der Waals surface area contributed by atoms with Gasteiger partial charge in [-0.3, -0.25) is 0 Å². The van der Waals surface area contributed by atoms with Gasteiger partial charge in [-0.1, -0.05) is 70.5 Å². The molecule has 0 unspecified atom stereocenters. The normalized spacial score (nSPS) is 10.5. The molecule has 1 N–H and O–H groups in total. The van der Waals surface area contributed by atoms with E-state index in [-0.39, 0.29) is 0 Å². The largest absolute Gasteiger partial charge is 0.489 e. The highest BCUT2D eigenvalue weighted by atomic mass is 79.9. The molecule has 3 aromatic rings. The van der Waals surface area contributed by atoms with Crippen molar-refractivity contribution in [1.82, 2.24) is 5.32 Å². The zero-order valence-corrected chi connectivity index (χ0v) is 15.0. The highest BCUT2D eigenvalue weighted by molar-refractivity contribution is 9.10. The molecular formula is C21H20BrNO. The zero-order chi connectivity index (χ0) is 16.6. The summed E-state index contributed by atoms with van der Waals surface area (Å²) in [7, 11) is 0. The van der Waals surface area contributed by atoms with E-state index in [1.165, 1.54) is 16.7 Å². The first kappa shape index (κ1) is 16.7. The lowest BCUT2D eigenvalue weighted by Crippen LogP contribution is -2.12. The van der Waals surface area contributed by atoms with Crippen molar-refractivity contribution in [1.29, 1.82) is 0 Å². The summed E-state index contributed by atoms with van der Waals surface area (Å²) in [4.78, 5) is 0. The van der Waals surface area contributed by atoms with Crippen LogP contribution in [0.3, 0.4) is 0 Å². The van der Waals surface area contributed by atoms with Gasteiger partial charge in [-0.2, -0.15) is 0 Å². The van der Waals surface area contributed by atoms with Crippen molar-refractivity contribution < 1.29 is 4.74 Å². The number of nitrogens with one attached hydrogen (secondary N) is 1. The summed E-state index contributed by atoms with van der Waals surface area (Å²) in [5, 5.41) is 3.46. The molecule has 0 aliphatic carbocycles. The highest BCUT2D eigenvalue weighted by Gasteiger charge is 1.98. The van der Waals surface area contributed by atoms with Crippen molar-refractivity contribution in [3.8, 4) is 5.75 Å². The lowest BCUT2D eigenvalue weighted by molar-refractivity contribution is 0.306. The lowest BCUT2D eigenvalue weighted by atomic mass is 10.2.